The van der Waals surface area contributed by atoms with E-state index < -0.39 is 51.8 Å². The molecule has 324 valence electrons. The van der Waals surface area contributed by atoms with E-state index in [4.69, 9.17) is 23.6 Å². The van der Waals surface area contributed by atoms with E-state index in [9.17, 15) is 24.2 Å². The molecule has 0 fully saturated rings. The molecule has 0 aromatic rings. The molecular formula is C44H83O10P. The van der Waals surface area contributed by atoms with Crippen LogP contribution in [0.15, 0.2) is 24.3 Å². The minimum absolute atomic E-state index is 0.182. The van der Waals surface area contributed by atoms with Gasteiger partial charge in [-0.25, -0.2) is 4.57 Å². The Morgan fingerprint density at radius 1 is 0.545 bits per heavy atom. The molecule has 0 aliphatic heterocycles. The van der Waals surface area contributed by atoms with Crippen LogP contribution in [0.4, 0.5) is 0 Å². The molecule has 3 atom stereocenters. The van der Waals surface area contributed by atoms with Crippen molar-refractivity contribution in [3.05, 3.63) is 24.3 Å². The average Bonchev–Trinajstić information content (AvgIpc) is 3.17. The van der Waals surface area contributed by atoms with E-state index in [1.165, 1.54) is 116 Å². The third-order valence-electron chi connectivity index (χ3n) is 9.61. The molecule has 3 N–H and O–H groups in total. The molecule has 0 bridgehead atoms. The van der Waals surface area contributed by atoms with E-state index in [1.807, 2.05) is 0 Å². The van der Waals surface area contributed by atoms with Gasteiger partial charge in [0.2, 0.25) is 0 Å². The van der Waals surface area contributed by atoms with Crippen LogP contribution in [0.2, 0.25) is 0 Å². The Hall–Kier alpha value is -1.55. The molecule has 1 unspecified atom stereocenters. The summed E-state index contributed by atoms with van der Waals surface area (Å²) in [5.74, 6) is -0.922. The van der Waals surface area contributed by atoms with E-state index in [1.54, 1.807) is 0 Å². The highest BCUT2D eigenvalue weighted by Gasteiger charge is 2.27. The fraction of sp³-hybridized carbons (Fsp3) is 0.864. The molecule has 0 aliphatic carbocycles. The van der Waals surface area contributed by atoms with Crippen molar-refractivity contribution in [2.24, 2.45) is 0 Å². The number of carbonyl (C=O) groups is 2. The molecule has 0 saturated heterocycles. The van der Waals surface area contributed by atoms with Crippen molar-refractivity contribution in [1.82, 2.24) is 0 Å². The Labute approximate surface area is 336 Å². The Kier molecular flexibility index (Phi) is 39.5. The number of carbonyl (C=O) groups excluding carboxylic acids is 2. The summed E-state index contributed by atoms with van der Waals surface area (Å²) in [4.78, 5) is 35.0. The van der Waals surface area contributed by atoms with Gasteiger partial charge in [0.25, 0.3) is 0 Å². The highest BCUT2D eigenvalue weighted by Crippen LogP contribution is 2.43. The molecule has 55 heavy (non-hydrogen) atoms. The topological polar surface area (TPSA) is 149 Å². The van der Waals surface area contributed by atoms with Gasteiger partial charge >= 0.3 is 19.8 Å². The standard InChI is InChI=1S/C44H83O10P/c1-3-5-7-9-11-13-15-17-18-19-20-21-22-24-26-28-30-32-34-36-44(48)54-42(40-53-55(49,50)52-38-41(46)37-45)39-51-43(47)35-33-31-29-27-25-23-16-14-12-10-8-6-4-2/h11,13,17-18,41-42,45-46H,3-10,12,14-16,19-40H2,1-2H3,(H,49,50)/b13-11+,18-17+/t41-,42+/m0/s1. The van der Waals surface area contributed by atoms with E-state index in [-0.39, 0.29) is 19.4 Å². The lowest BCUT2D eigenvalue weighted by atomic mass is 10.0. The van der Waals surface area contributed by atoms with Crippen molar-refractivity contribution >= 4 is 19.8 Å². The van der Waals surface area contributed by atoms with Crippen LogP contribution >= 0.6 is 7.82 Å². The van der Waals surface area contributed by atoms with Crippen LogP contribution in [0, 0.1) is 0 Å². The number of hydrogen-bond acceptors (Lipinski definition) is 9. The van der Waals surface area contributed by atoms with Gasteiger partial charge in [0, 0.05) is 12.8 Å². The SMILES string of the molecule is CCCCC/C=C/C/C=C/CCCCCCCCCCCC(=O)O[C@H](COC(=O)CCCCCCCCCCCCCCC)COP(=O)(O)OC[C@@H](O)CO. The molecule has 0 aromatic heterocycles. The Bertz CT molecular complexity index is 972. The largest absolute Gasteiger partial charge is 0.472 e. The molecule has 0 saturated carbocycles. The summed E-state index contributed by atoms with van der Waals surface area (Å²) in [5, 5.41) is 18.3. The summed E-state index contributed by atoms with van der Waals surface area (Å²) in [6, 6.07) is 0. The van der Waals surface area contributed by atoms with Gasteiger partial charge < -0.3 is 24.6 Å². The van der Waals surface area contributed by atoms with Crippen molar-refractivity contribution in [1.29, 1.82) is 0 Å². The molecule has 0 radical (unpaired) electrons. The normalized spacial score (nSPS) is 14.1. The van der Waals surface area contributed by atoms with Crippen LogP contribution in [0.1, 0.15) is 206 Å². The molecule has 0 aromatic carbocycles. The summed E-state index contributed by atoms with van der Waals surface area (Å²) in [7, 11) is -4.61. The van der Waals surface area contributed by atoms with Crippen molar-refractivity contribution in [3.63, 3.8) is 0 Å². The van der Waals surface area contributed by atoms with Gasteiger partial charge in [-0.05, 0) is 44.9 Å². The van der Waals surface area contributed by atoms with Gasteiger partial charge in [-0.3, -0.25) is 18.6 Å². The molecule has 11 heteroatoms. The van der Waals surface area contributed by atoms with Crippen LogP contribution < -0.4 is 0 Å². The second-order valence-corrected chi connectivity index (χ2v) is 16.5. The van der Waals surface area contributed by atoms with Crippen molar-refractivity contribution < 1.29 is 47.8 Å². The highest BCUT2D eigenvalue weighted by molar-refractivity contribution is 7.47. The van der Waals surface area contributed by atoms with Gasteiger partial charge in [0.15, 0.2) is 6.10 Å². The zero-order valence-electron chi connectivity index (χ0n) is 35.2. The zero-order valence-corrected chi connectivity index (χ0v) is 36.0. The van der Waals surface area contributed by atoms with Crippen molar-refractivity contribution in [2.45, 2.75) is 219 Å². The highest BCUT2D eigenvalue weighted by atomic mass is 31.2. The molecule has 0 amide bonds. The zero-order chi connectivity index (χ0) is 40.5. The number of phosphoric acid groups is 1. The molecular weight excluding hydrogens is 719 g/mol. The van der Waals surface area contributed by atoms with Gasteiger partial charge in [0.1, 0.15) is 12.7 Å². The lowest BCUT2D eigenvalue weighted by Crippen LogP contribution is -2.29. The van der Waals surface area contributed by atoms with Gasteiger partial charge in [0.05, 0.1) is 19.8 Å². The number of aliphatic hydroxyl groups is 2. The Morgan fingerprint density at radius 3 is 1.44 bits per heavy atom. The van der Waals surface area contributed by atoms with Crippen molar-refractivity contribution in [2.75, 3.05) is 26.4 Å². The third kappa shape index (κ3) is 40.4. The summed E-state index contributed by atoms with van der Waals surface area (Å²) >= 11 is 0. The maximum absolute atomic E-state index is 12.6. The lowest BCUT2D eigenvalue weighted by Gasteiger charge is -2.20. The number of esters is 2. The number of allylic oxidation sites excluding steroid dienone is 4. The van der Waals surface area contributed by atoms with E-state index in [2.05, 4.69) is 38.2 Å². The second kappa shape index (κ2) is 40.6. The van der Waals surface area contributed by atoms with Crippen LogP contribution in [0.25, 0.3) is 0 Å². The van der Waals surface area contributed by atoms with Crippen LogP contribution in [-0.4, -0.2) is 65.7 Å². The molecule has 0 rings (SSSR count). The minimum Gasteiger partial charge on any atom is -0.462 e. The first-order valence-corrected chi connectivity index (χ1v) is 23.8. The van der Waals surface area contributed by atoms with E-state index >= 15 is 0 Å². The fourth-order valence-electron chi connectivity index (χ4n) is 6.14. The number of rotatable bonds is 42. The quantitative estimate of drug-likeness (QED) is 0.0236. The lowest BCUT2D eigenvalue weighted by molar-refractivity contribution is -0.161. The smallest absolute Gasteiger partial charge is 0.462 e. The summed E-state index contributed by atoms with van der Waals surface area (Å²) in [5.41, 5.74) is 0. The summed E-state index contributed by atoms with van der Waals surface area (Å²) in [6.07, 6.45) is 39.9. The Balaban J connectivity index is 4.25. The average molecular weight is 803 g/mol. The maximum Gasteiger partial charge on any atom is 0.472 e. The van der Waals surface area contributed by atoms with Crippen LogP contribution in [0.3, 0.4) is 0 Å². The first-order valence-electron chi connectivity index (χ1n) is 22.3. The Morgan fingerprint density at radius 2 is 0.945 bits per heavy atom. The minimum atomic E-state index is -4.61. The summed E-state index contributed by atoms with van der Waals surface area (Å²) < 4.78 is 32.7. The number of aliphatic hydroxyl groups excluding tert-OH is 2. The second-order valence-electron chi connectivity index (χ2n) is 15.1. The third-order valence-corrected chi connectivity index (χ3v) is 10.6. The number of hydrogen-bond donors (Lipinski definition) is 3. The molecule has 10 nitrogen and oxygen atoms in total. The summed E-state index contributed by atoms with van der Waals surface area (Å²) in [6.45, 7) is 2.37. The van der Waals surface area contributed by atoms with Crippen molar-refractivity contribution in [3.8, 4) is 0 Å². The van der Waals surface area contributed by atoms with Gasteiger partial charge in [-0.15, -0.1) is 0 Å². The number of unbranched alkanes of at least 4 members (excludes halogenated alkanes) is 24. The van der Waals surface area contributed by atoms with E-state index in [0.717, 1.165) is 51.4 Å². The van der Waals surface area contributed by atoms with Crippen LogP contribution in [0.5, 0.6) is 0 Å². The first-order chi connectivity index (χ1) is 26.7. The van der Waals surface area contributed by atoms with E-state index in [0.29, 0.717) is 12.8 Å². The van der Waals surface area contributed by atoms with Crippen LogP contribution in [-0.2, 0) is 32.7 Å². The monoisotopic (exact) mass is 803 g/mol. The van der Waals surface area contributed by atoms with Gasteiger partial charge in [-0.2, -0.15) is 0 Å². The first kappa shape index (κ1) is 53.5. The number of ether oxygens (including phenoxy) is 2. The maximum atomic E-state index is 12.6. The fourth-order valence-corrected chi connectivity index (χ4v) is 6.93. The van der Waals surface area contributed by atoms with Gasteiger partial charge in [-0.1, -0.05) is 173 Å². The predicted molar refractivity (Wildman–Crippen MR) is 224 cm³/mol. The molecule has 0 heterocycles. The predicted octanol–water partition coefficient (Wildman–Crippen LogP) is 11.8. The molecule has 0 spiro atoms. The number of phosphoric ester groups is 1. The molecule has 0 aliphatic rings.